The zero-order chi connectivity index (χ0) is 14.7. The van der Waals surface area contributed by atoms with E-state index in [-0.39, 0.29) is 12.2 Å². The molecule has 0 amide bonds. The van der Waals surface area contributed by atoms with Gasteiger partial charge in [0.25, 0.3) is 0 Å². The Labute approximate surface area is 118 Å². The molecule has 0 atom stereocenters. The number of hydrogen-bond acceptors (Lipinski definition) is 3. The number of benzene rings is 1. The zero-order valence-electron chi connectivity index (χ0n) is 11.8. The number of rotatable bonds is 4. The van der Waals surface area contributed by atoms with Gasteiger partial charge in [0.05, 0.1) is 19.6 Å². The lowest BCUT2D eigenvalue weighted by Gasteiger charge is -2.10. The summed E-state index contributed by atoms with van der Waals surface area (Å²) in [6.45, 7) is 3.84. The maximum Gasteiger partial charge on any atom is 0.178 e. The van der Waals surface area contributed by atoms with Crippen LogP contribution in [0.15, 0.2) is 30.3 Å². The first-order valence-electron chi connectivity index (χ1n) is 6.32. The number of aryl methyl sites for hydroxylation is 1. The normalized spacial score (nSPS) is 10.1. The maximum atomic E-state index is 11.9. The fourth-order valence-corrected chi connectivity index (χ4v) is 2.34. The van der Waals surface area contributed by atoms with Crippen molar-refractivity contribution in [2.75, 3.05) is 7.11 Å². The van der Waals surface area contributed by atoms with Crippen LogP contribution in [0.4, 0.5) is 0 Å². The molecule has 20 heavy (non-hydrogen) atoms. The van der Waals surface area contributed by atoms with Crippen LogP contribution in [0.3, 0.4) is 0 Å². The molecule has 0 spiro atoms. The molecular formula is C16H16N2O2. The Kier molecular flexibility index (Phi) is 3.90. The highest BCUT2D eigenvalue weighted by Gasteiger charge is 2.16. The monoisotopic (exact) mass is 268 g/mol. The van der Waals surface area contributed by atoms with E-state index >= 15 is 0 Å². The van der Waals surface area contributed by atoms with E-state index in [1.807, 2.05) is 54.8 Å². The largest absolute Gasteiger partial charge is 0.497 e. The fourth-order valence-electron chi connectivity index (χ4n) is 2.34. The smallest absolute Gasteiger partial charge is 0.178 e. The minimum atomic E-state index is -0.139. The summed E-state index contributed by atoms with van der Waals surface area (Å²) in [5.74, 6) is 0.650. The van der Waals surface area contributed by atoms with Crippen LogP contribution < -0.4 is 4.74 Å². The van der Waals surface area contributed by atoms with Crippen LogP contribution in [-0.2, 0) is 0 Å². The van der Waals surface area contributed by atoms with Gasteiger partial charge in [-0.2, -0.15) is 5.26 Å². The summed E-state index contributed by atoms with van der Waals surface area (Å²) < 4.78 is 7.15. The molecule has 0 saturated carbocycles. The summed E-state index contributed by atoms with van der Waals surface area (Å²) in [6, 6.07) is 11.4. The van der Waals surface area contributed by atoms with Crippen molar-refractivity contribution >= 4 is 5.78 Å². The Morgan fingerprint density at radius 1 is 1.30 bits per heavy atom. The quantitative estimate of drug-likeness (QED) is 0.800. The van der Waals surface area contributed by atoms with E-state index in [0.29, 0.717) is 5.56 Å². The Hall–Kier alpha value is -2.54. The molecule has 0 fully saturated rings. The molecule has 0 aliphatic rings. The highest BCUT2D eigenvalue weighted by molar-refractivity contribution is 5.98. The van der Waals surface area contributed by atoms with Crippen molar-refractivity contribution in [3.05, 3.63) is 47.3 Å². The highest BCUT2D eigenvalue weighted by Crippen LogP contribution is 2.23. The Balaban J connectivity index is 2.47. The summed E-state index contributed by atoms with van der Waals surface area (Å²) in [5.41, 5.74) is 3.40. The first-order valence-corrected chi connectivity index (χ1v) is 6.32. The lowest BCUT2D eigenvalue weighted by atomic mass is 10.1. The van der Waals surface area contributed by atoms with Gasteiger partial charge in [0.15, 0.2) is 5.78 Å². The number of aromatic nitrogens is 1. The minimum absolute atomic E-state index is 0.0904. The average Bonchev–Trinajstić information content (AvgIpc) is 2.75. The number of Topliss-reactive ketones (excluding diaryl/α,β-unsaturated/α-hetero) is 1. The molecular weight excluding hydrogens is 252 g/mol. The summed E-state index contributed by atoms with van der Waals surface area (Å²) in [6.07, 6.45) is -0.0904. The second-order valence-corrected chi connectivity index (χ2v) is 4.58. The molecule has 2 aromatic rings. The van der Waals surface area contributed by atoms with E-state index in [2.05, 4.69) is 0 Å². The van der Waals surface area contributed by atoms with Crippen LogP contribution in [0.5, 0.6) is 5.75 Å². The minimum Gasteiger partial charge on any atom is -0.497 e. The molecule has 102 valence electrons. The van der Waals surface area contributed by atoms with E-state index < -0.39 is 0 Å². The van der Waals surface area contributed by atoms with Crippen LogP contribution in [0, 0.1) is 25.2 Å². The molecule has 0 saturated heterocycles. The van der Waals surface area contributed by atoms with Crippen LogP contribution in [0.25, 0.3) is 5.69 Å². The second kappa shape index (κ2) is 5.62. The van der Waals surface area contributed by atoms with Gasteiger partial charge >= 0.3 is 0 Å². The predicted molar refractivity (Wildman–Crippen MR) is 76.4 cm³/mol. The Morgan fingerprint density at radius 2 is 1.95 bits per heavy atom. The van der Waals surface area contributed by atoms with Gasteiger partial charge in [-0.15, -0.1) is 0 Å². The first-order chi connectivity index (χ1) is 9.58. The molecule has 0 bridgehead atoms. The van der Waals surface area contributed by atoms with Gasteiger partial charge < -0.3 is 9.30 Å². The van der Waals surface area contributed by atoms with Crippen molar-refractivity contribution in [3.8, 4) is 17.5 Å². The number of carbonyl (C=O) groups excluding carboxylic acids is 1. The number of nitrogens with zero attached hydrogens (tertiary/aromatic N) is 2. The summed E-state index contributed by atoms with van der Waals surface area (Å²) in [4.78, 5) is 11.9. The van der Waals surface area contributed by atoms with Crippen molar-refractivity contribution in [1.82, 2.24) is 4.57 Å². The van der Waals surface area contributed by atoms with Crippen molar-refractivity contribution in [2.45, 2.75) is 20.3 Å². The van der Waals surface area contributed by atoms with Crippen LogP contribution in [0.2, 0.25) is 0 Å². The summed E-state index contributed by atoms with van der Waals surface area (Å²) in [7, 11) is 1.62. The van der Waals surface area contributed by atoms with Gasteiger partial charge in [-0.3, -0.25) is 4.79 Å². The van der Waals surface area contributed by atoms with E-state index in [0.717, 1.165) is 22.8 Å². The van der Waals surface area contributed by atoms with Crippen molar-refractivity contribution < 1.29 is 9.53 Å². The van der Waals surface area contributed by atoms with E-state index in [1.165, 1.54) is 0 Å². The topological polar surface area (TPSA) is 55.0 Å². The number of nitriles is 1. The molecule has 4 nitrogen and oxygen atoms in total. The summed E-state index contributed by atoms with van der Waals surface area (Å²) >= 11 is 0. The van der Waals surface area contributed by atoms with Gasteiger partial charge in [0.2, 0.25) is 0 Å². The highest BCUT2D eigenvalue weighted by atomic mass is 16.5. The zero-order valence-corrected chi connectivity index (χ0v) is 11.8. The summed E-state index contributed by atoms with van der Waals surface area (Å²) in [5, 5.41) is 8.65. The van der Waals surface area contributed by atoms with Crippen molar-refractivity contribution in [2.24, 2.45) is 0 Å². The third-order valence-electron chi connectivity index (χ3n) is 3.30. The van der Waals surface area contributed by atoms with Gasteiger partial charge in [0, 0.05) is 22.6 Å². The second-order valence-electron chi connectivity index (χ2n) is 4.58. The molecule has 1 heterocycles. The SMILES string of the molecule is COc1ccc(-n2c(C)cc(C(=O)CC#N)c2C)cc1. The van der Waals surface area contributed by atoms with E-state index in [9.17, 15) is 4.79 Å². The Bertz CT molecular complexity index is 676. The molecule has 4 heteroatoms. The number of ether oxygens (including phenoxy) is 1. The molecule has 1 aromatic carbocycles. The van der Waals surface area contributed by atoms with E-state index in [4.69, 9.17) is 10.00 Å². The van der Waals surface area contributed by atoms with Gasteiger partial charge in [-0.1, -0.05) is 0 Å². The van der Waals surface area contributed by atoms with Gasteiger partial charge in [-0.05, 0) is 44.2 Å². The lowest BCUT2D eigenvalue weighted by Crippen LogP contribution is -2.02. The predicted octanol–water partition coefficient (Wildman–Crippen LogP) is 3.20. The number of carbonyl (C=O) groups is 1. The maximum absolute atomic E-state index is 11.9. The third-order valence-corrected chi connectivity index (χ3v) is 3.30. The molecule has 0 aliphatic heterocycles. The standard InChI is InChI=1S/C16H16N2O2/c1-11-10-15(16(19)8-9-17)12(2)18(11)13-4-6-14(20-3)7-5-13/h4-7,10H,8H2,1-3H3. The number of hydrogen-bond donors (Lipinski definition) is 0. The molecule has 0 radical (unpaired) electrons. The Morgan fingerprint density at radius 3 is 2.50 bits per heavy atom. The van der Waals surface area contributed by atoms with Gasteiger partial charge in [-0.25, -0.2) is 0 Å². The number of ketones is 1. The number of methoxy groups -OCH3 is 1. The van der Waals surface area contributed by atoms with Crippen LogP contribution >= 0.6 is 0 Å². The molecule has 0 aliphatic carbocycles. The molecule has 2 rings (SSSR count). The third kappa shape index (κ3) is 2.43. The van der Waals surface area contributed by atoms with Crippen molar-refractivity contribution in [1.29, 1.82) is 5.26 Å². The van der Waals surface area contributed by atoms with Gasteiger partial charge in [0.1, 0.15) is 5.75 Å². The molecule has 0 unspecified atom stereocenters. The van der Waals surface area contributed by atoms with Crippen molar-refractivity contribution in [3.63, 3.8) is 0 Å². The first kappa shape index (κ1) is 13.9. The molecule has 0 N–H and O–H groups in total. The fraction of sp³-hybridized carbons (Fsp3) is 0.250. The van der Waals surface area contributed by atoms with E-state index in [1.54, 1.807) is 7.11 Å². The lowest BCUT2D eigenvalue weighted by molar-refractivity contribution is 0.0997. The van der Waals surface area contributed by atoms with Crippen LogP contribution in [-0.4, -0.2) is 17.5 Å². The average molecular weight is 268 g/mol. The molecule has 1 aromatic heterocycles. The van der Waals surface area contributed by atoms with Crippen LogP contribution in [0.1, 0.15) is 28.2 Å².